The molecule has 12 heteroatoms. The number of ether oxygens (including phenoxy) is 3. The molecule has 0 unspecified atom stereocenters. The van der Waals surface area contributed by atoms with Crippen molar-refractivity contribution in [3.8, 4) is 45.4 Å². The summed E-state index contributed by atoms with van der Waals surface area (Å²) in [7, 11) is 3.18. The zero-order valence-electron chi connectivity index (χ0n) is 25.7. The van der Waals surface area contributed by atoms with E-state index in [0.717, 1.165) is 41.7 Å². The summed E-state index contributed by atoms with van der Waals surface area (Å²) < 4.78 is 16.7. The van der Waals surface area contributed by atoms with E-state index in [1.807, 2.05) is 48.5 Å². The minimum atomic E-state index is 0.0884. The van der Waals surface area contributed by atoms with E-state index < -0.39 is 0 Å². The van der Waals surface area contributed by atoms with E-state index in [1.165, 1.54) is 0 Å². The molecule has 2 aliphatic heterocycles. The molecule has 46 heavy (non-hydrogen) atoms. The summed E-state index contributed by atoms with van der Waals surface area (Å²) in [6.45, 7) is 3.22. The molecule has 2 saturated heterocycles. The molecule has 3 N–H and O–H groups in total. The molecule has 1 amide bonds. The number of halogens is 2. The second kappa shape index (κ2) is 14.7. The van der Waals surface area contributed by atoms with Crippen LogP contribution in [0, 0.1) is 0 Å². The number of pyridine rings is 1. The number of benzene rings is 2. The summed E-state index contributed by atoms with van der Waals surface area (Å²) >= 11 is 14.1. The van der Waals surface area contributed by atoms with Gasteiger partial charge in [-0.3, -0.25) is 9.78 Å². The molecule has 0 saturated carbocycles. The Balaban J connectivity index is 1.23. The van der Waals surface area contributed by atoms with Gasteiger partial charge in [0, 0.05) is 72.6 Å². The van der Waals surface area contributed by atoms with Gasteiger partial charge in [-0.05, 0) is 18.9 Å². The molecule has 2 aliphatic rings. The second-order valence-corrected chi connectivity index (χ2v) is 12.0. The Morgan fingerprint density at radius 1 is 0.891 bits per heavy atom. The van der Waals surface area contributed by atoms with Crippen molar-refractivity contribution in [1.82, 2.24) is 30.9 Å². The summed E-state index contributed by atoms with van der Waals surface area (Å²) in [4.78, 5) is 25.6. The summed E-state index contributed by atoms with van der Waals surface area (Å²) in [5, 5.41) is 10.8. The molecule has 0 radical (unpaired) electrons. The third kappa shape index (κ3) is 7.11. The van der Waals surface area contributed by atoms with Gasteiger partial charge in [-0.15, -0.1) is 0 Å². The Morgan fingerprint density at radius 2 is 1.59 bits per heavy atom. The van der Waals surface area contributed by atoms with E-state index in [4.69, 9.17) is 47.4 Å². The molecule has 0 aliphatic carbocycles. The lowest BCUT2D eigenvalue weighted by Gasteiger charge is -2.16. The number of nitrogens with one attached hydrogen (secondary N) is 3. The summed E-state index contributed by atoms with van der Waals surface area (Å²) in [6, 6.07) is 16.0. The molecule has 2 aromatic carbocycles. The predicted molar refractivity (Wildman–Crippen MR) is 178 cm³/mol. The van der Waals surface area contributed by atoms with Gasteiger partial charge < -0.3 is 30.2 Å². The van der Waals surface area contributed by atoms with Crippen LogP contribution >= 0.6 is 23.2 Å². The first-order valence-electron chi connectivity index (χ1n) is 15.3. The highest BCUT2D eigenvalue weighted by atomic mass is 35.5. The first-order chi connectivity index (χ1) is 22.4. The Bertz CT molecular complexity index is 1720. The molecule has 240 valence electrons. The standard InChI is InChI=1S/C34H36Cl2N6O4/c1-44-33-20(15-38-22-13-14-46-19-22)9-11-27(41-33)25-7-3-5-23(31(25)35)24-6-4-8-26(32(24)36)28-18-39-29(34(42-28)45-2)17-37-16-21-10-12-30(43)40-21/h3-9,11,18,21-22,37-38H,10,12-17,19H2,1-2H3,(H,40,43)/t21-,22-/m0/s1. The van der Waals surface area contributed by atoms with Crippen molar-refractivity contribution in [3.63, 3.8) is 0 Å². The molecule has 2 fully saturated rings. The summed E-state index contributed by atoms with van der Waals surface area (Å²) in [6.07, 6.45) is 4.06. The first-order valence-corrected chi connectivity index (χ1v) is 16.0. The summed E-state index contributed by atoms with van der Waals surface area (Å²) in [5.41, 5.74) is 5.86. The van der Waals surface area contributed by atoms with Crippen LogP contribution in [0.1, 0.15) is 30.5 Å². The van der Waals surface area contributed by atoms with Gasteiger partial charge in [0.15, 0.2) is 0 Å². The SMILES string of the molecule is COc1nc(-c2cccc(-c3cccc(-c4cnc(CNC[C@@H]5CCC(=O)N5)c(OC)n4)c3Cl)c2Cl)ccc1CN[C@H]1CCOC1. The first kappa shape index (κ1) is 32.2. The van der Waals surface area contributed by atoms with Crippen molar-refractivity contribution in [1.29, 1.82) is 0 Å². The van der Waals surface area contributed by atoms with Crippen LogP contribution in [0.5, 0.6) is 11.8 Å². The molecular weight excluding hydrogens is 627 g/mol. The van der Waals surface area contributed by atoms with Gasteiger partial charge in [0.2, 0.25) is 17.7 Å². The molecule has 2 aromatic heterocycles. The second-order valence-electron chi connectivity index (χ2n) is 11.3. The number of hydrogen-bond donors (Lipinski definition) is 3. The number of methoxy groups -OCH3 is 2. The van der Waals surface area contributed by atoms with Gasteiger partial charge in [0.05, 0.1) is 48.5 Å². The summed E-state index contributed by atoms with van der Waals surface area (Å²) in [5.74, 6) is 1.03. The minimum absolute atomic E-state index is 0.0884. The fraction of sp³-hybridized carbons (Fsp3) is 0.353. The zero-order valence-corrected chi connectivity index (χ0v) is 27.3. The van der Waals surface area contributed by atoms with Crippen molar-refractivity contribution < 1.29 is 19.0 Å². The van der Waals surface area contributed by atoms with Crippen molar-refractivity contribution in [2.24, 2.45) is 0 Å². The highest BCUT2D eigenvalue weighted by Gasteiger charge is 2.22. The van der Waals surface area contributed by atoms with Crippen LogP contribution < -0.4 is 25.4 Å². The van der Waals surface area contributed by atoms with Crippen molar-refractivity contribution in [3.05, 3.63) is 76.0 Å². The van der Waals surface area contributed by atoms with Crippen molar-refractivity contribution >= 4 is 29.1 Å². The average Bonchev–Trinajstić information content (AvgIpc) is 3.76. The van der Waals surface area contributed by atoms with Gasteiger partial charge in [0.25, 0.3) is 0 Å². The maximum Gasteiger partial charge on any atom is 0.237 e. The fourth-order valence-corrected chi connectivity index (χ4v) is 6.41. The normalized spacial score (nSPS) is 17.7. The van der Waals surface area contributed by atoms with Crippen LogP contribution in [-0.4, -0.2) is 66.9 Å². The largest absolute Gasteiger partial charge is 0.481 e. The van der Waals surface area contributed by atoms with Crippen LogP contribution in [0.15, 0.2) is 54.7 Å². The van der Waals surface area contributed by atoms with Crippen LogP contribution in [0.3, 0.4) is 0 Å². The third-order valence-corrected chi connectivity index (χ3v) is 9.07. The van der Waals surface area contributed by atoms with E-state index in [0.29, 0.717) is 83.2 Å². The Hall–Kier alpha value is -3.80. The van der Waals surface area contributed by atoms with Gasteiger partial charge in [-0.1, -0.05) is 65.7 Å². The molecule has 0 bridgehead atoms. The van der Waals surface area contributed by atoms with E-state index in [9.17, 15) is 4.79 Å². The molecule has 6 rings (SSSR count). The number of carbonyl (C=O) groups excluding carboxylic acids is 1. The monoisotopic (exact) mass is 662 g/mol. The highest BCUT2D eigenvalue weighted by Crippen LogP contribution is 2.42. The number of rotatable bonds is 12. The van der Waals surface area contributed by atoms with E-state index >= 15 is 0 Å². The Morgan fingerprint density at radius 3 is 2.24 bits per heavy atom. The van der Waals surface area contributed by atoms with Gasteiger partial charge >= 0.3 is 0 Å². The molecular formula is C34H36Cl2N6O4. The number of amides is 1. The van der Waals surface area contributed by atoms with Gasteiger partial charge in [-0.25, -0.2) is 9.97 Å². The van der Waals surface area contributed by atoms with Crippen LogP contribution in [0.4, 0.5) is 0 Å². The van der Waals surface area contributed by atoms with E-state index in [-0.39, 0.29) is 11.9 Å². The zero-order chi connectivity index (χ0) is 32.0. The Kier molecular flexibility index (Phi) is 10.3. The molecule has 10 nitrogen and oxygen atoms in total. The van der Waals surface area contributed by atoms with Crippen LogP contribution in [0.2, 0.25) is 10.0 Å². The number of hydrogen-bond acceptors (Lipinski definition) is 9. The van der Waals surface area contributed by atoms with E-state index in [2.05, 4.69) is 20.9 Å². The Labute approximate surface area is 278 Å². The van der Waals surface area contributed by atoms with Crippen LogP contribution in [0.25, 0.3) is 33.6 Å². The minimum Gasteiger partial charge on any atom is -0.481 e. The number of aromatic nitrogens is 3. The quantitative estimate of drug-likeness (QED) is 0.182. The van der Waals surface area contributed by atoms with Gasteiger partial charge in [-0.2, -0.15) is 0 Å². The lowest BCUT2D eigenvalue weighted by Crippen LogP contribution is -2.35. The van der Waals surface area contributed by atoms with Crippen LogP contribution in [-0.2, 0) is 22.6 Å². The van der Waals surface area contributed by atoms with Crippen molar-refractivity contribution in [2.45, 2.75) is 44.4 Å². The topological polar surface area (TPSA) is 120 Å². The lowest BCUT2D eigenvalue weighted by molar-refractivity contribution is -0.119. The maximum atomic E-state index is 11.5. The maximum absolute atomic E-state index is 11.5. The third-order valence-electron chi connectivity index (χ3n) is 8.26. The molecule has 4 heterocycles. The van der Waals surface area contributed by atoms with Gasteiger partial charge in [0.1, 0.15) is 5.69 Å². The molecule has 0 spiro atoms. The highest BCUT2D eigenvalue weighted by molar-refractivity contribution is 6.39. The fourth-order valence-electron chi connectivity index (χ4n) is 5.76. The lowest BCUT2D eigenvalue weighted by atomic mass is 9.98. The van der Waals surface area contributed by atoms with Crippen molar-refractivity contribution in [2.75, 3.05) is 34.0 Å². The average molecular weight is 664 g/mol. The smallest absolute Gasteiger partial charge is 0.237 e. The predicted octanol–water partition coefficient (Wildman–Crippen LogP) is 5.44. The number of carbonyl (C=O) groups is 1. The molecule has 2 atom stereocenters. The number of nitrogens with zero attached hydrogens (tertiary/aromatic N) is 3. The van der Waals surface area contributed by atoms with E-state index in [1.54, 1.807) is 20.4 Å². The molecule has 4 aromatic rings.